The molecule has 1 saturated carbocycles. The first-order valence-electron chi connectivity index (χ1n) is 10.3. The lowest BCUT2D eigenvalue weighted by atomic mass is 9.92. The van der Waals surface area contributed by atoms with Gasteiger partial charge in [-0.15, -0.1) is 0 Å². The number of imidazole rings is 1. The van der Waals surface area contributed by atoms with Gasteiger partial charge in [-0.1, -0.05) is 24.3 Å². The molecule has 0 spiro atoms. The highest BCUT2D eigenvalue weighted by Gasteiger charge is 2.29. The highest BCUT2D eigenvalue weighted by atomic mass is 16.3. The number of carbonyl (C=O) groups excluding carboxylic acids is 1. The normalized spacial score (nSPS) is 13.8. The highest BCUT2D eigenvalue weighted by Crippen LogP contribution is 2.38. The molecule has 2 aromatic heterocycles. The van der Waals surface area contributed by atoms with Crippen LogP contribution < -0.4 is 10.9 Å². The first-order chi connectivity index (χ1) is 15.5. The van der Waals surface area contributed by atoms with E-state index in [1.807, 2.05) is 24.3 Å². The van der Waals surface area contributed by atoms with E-state index in [-0.39, 0.29) is 23.3 Å². The highest BCUT2D eigenvalue weighted by molar-refractivity contribution is 6.05. The molecule has 9 heteroatoms. The molecule has 0 radical (unpaired) electrons. The van der Waals surface area contributed by atoms with Gasteiger partial charge in [-0.3, -0.25) is 14.2 Å². The van der Waals surface area contributed by atoms with Gasteiger partial charge in [0.15, 0.2) is 17.3 Å². The molecule has 2 heterocycles. The number of hydrogen-bond acceptors (Lipinski definition) is 6. The van der Waals surface area contributed by atoms with Gasteiger partial charge in [-0.05, 0) is 43.5 Å². The van der Waals surface area contributed by atoms with Crippen molar-refractivity contribution in [2.75, 3.05) is 5.32 Å². The zero-order valence-corrected chi connectivity index (χ0v) is 17.3. The third kappa shape index (κ3) is 3.09. The fourth-order valence-corrected chi connectivity index (χ4v) is 3.93. The quantitative estimate of drug-likeness (QED) is 0.427. The monoisotopic (exact) mass is 431 g/mol. The van der Waals surface area contributed by atoms with Crippen molar-refractivity contribution in [3.63, 3.8) is 0 Å². The van der Waals surface area contributed by atoms with Crippen LogP contribution in [0.3, 0.4) is 0 Å². The second-order valence-electron chi connectivity index (χ2n) is 7.85. The summed E-state index contributed by atoms with van der Waals surface area (Å²) in [5, 5.41) is 22.8. The van der Waals surface area contributed by atoms with Crippen molar-refractivity contribution in [2.24, 2.45) is 7.05 Å². The Hall–Kier alpha value is -4.14. The van der Waals surface area contributed by atoms with Gasteiger partial charge in [0, 0.05) is 13.1 Å². The Morgan fingerprint density at radius 3 is 2.47 bits per heavy atom. The Bertz CT molecular complexity index is 1420. The van der Waals surface area contributed by atoms with E-state index in [0.29, 0.717) is 5.82 Å². The van der Waals surface area contributed by atoms with E-state index in [0.717, 1.165) is 30.3 Å². The maximum absolute atomic E-state index is 12.9. The van der Waals surface area contributed by atoms with Crippen LogP contribution in [0.4, 0.5) is 5.69 Å². The molecule has 32 heavy (non-hydrogen) atoms. The zero-order valence-electron chi connectivity index (χ0n) is 17.3. The summed E-state index contributed by atoms with van der Waals surface area (Å²) in [6.07, 6.45) is 3.08. The van der Waals surface area contributed by atoms with Crippen LogP contribution >= 0.6 is 0 Å². The molecule has 0 atom stereocenters. The smallest absolute Gasteiger partial charge is 0.296 e. The molecule has 1 amide bonds. The summed E-state index contributed by atoms with van der Waals surface area (Å²) in [4.78, 5) is 34.7. The summed E-state index contributed by atoms with van der Waals surface area (Å²) < 4.78 is 3.25. The van der Waals surface area contributed by atoms with E-state index in [1.165, 1.54) is 23.7 Å². The van der Waals surface area contributed by atoms with Gasteiger partial charge in [-0.2, -0.15) is 0 Å². The van der Waals surface area contributed by atoms with E-state index in [9.17, 15) is 19.8 Å². The van der Waals surface area contributed by atoms with Gasteiger partial charge in [-0.25, -0.2) is 9.97 Å². The van der Waals surface area contributed by atoms with Crippen LogP contribution in [0.5, 0.6) is 11.5 Å². The number of rotatable bonds is 4. The van der Waals surface area contributed by atoms with E-state index in [1.54, 1.807) is 12.1 Å². The Balaban J connectivity index is 1.67. The number of fused-ring (bicyclic) bond motifs is 1. The maximum Gasteiger partial charge on any atom is 0.296 e. The second-order valence-corrected chi connectivity index (χ2v) is 7.85. The van der Waals surface area contributed by atoms with Gasteiger partial charge in [0.25, 0.3) is 11.5 Å². The molecule has 0 saturated heterocycles. The van der Waals surface area contributed by atoms with Crippen LogP contribution in [0.25, 0.3) is 22.7 Å². The number of carbonyl (C=O) groups is 1. The molecule has 0 unspecified atom stereocenters. The number of aromatic nitrogens is 4. The molecule has 162 valence electrons. The zero-order chi connectivity index (χ0) is 22.4. The molecule has 0 bridgehead atoms. The lowest BCUT2D eigenvalue weighted by Crippen LogP contribution is -2.27. The average molecular weight is 431 g/mol. The van der Waals surface area contributed by atoms with Gasteiger partial charge < -0.3 is 20.1 Å². The minimum absolute atomic E-state index is 0.141. The lowest BCUT2D eigenvalue weighted by molar-refractivity contribution is 0.101. The van der Waals surface area contributed by atoms with Crippen LogP contribution in [-0.2, 0) is 7.05 Å². The molecule has 1 aliphatic carbocycles. The van der Waals surface area contributed by atoms with E-state index in [4.69, 9.17) is 4.98 Å². The summed E-state index contributed by atoms with van der Waals surface area (Å²) in [6.45, 7) is 0. The predicted octanol–water partition coefficient (Wildman–Crippen LogP) is 3.19. The van der Waals surface area contributed by atoms with Crippen molar-refractivity contribution in [1.82, 2.24) is 19.1 Å². The van der Waals surface area contributed by atoms with E-state index in [2.05, 4.69) is 14.9 Å². The number of benzene rings is 2. The number of aromatic hydroxyl groups is 2. The number of anilines is 1. The lowest BCUT2D eigenvalue weighted by Gasteiger charge is -2.29. The van der Waals surface area contributed by atoms with Crippen molar-refractivity contribution in [2.45, 2.75) is 25.3 Å². The molecule has 0 aliphatic heterocycles. The number of amides is 1. The van der Waals surface area contributed by atoms with Gasteiger partial charge in [0.1, 0.15) is 5.75 Å². The minimum Gasteiger partial charge on any atom is -0.506 e. The van der Waals surface area contributed by atoms with Gasteiger partial charge in [0.05, 0.1) is 16.7 Å². The third-order valence-electron chi connectivity index (χ3n) is 5.87. The number of phenolic OH excluding ortho intramolecular Hbond substituents is 1. The summed E-state index contributed by atoms with van der Waals surface area (Å²) in [7, 11) is 1.49. The summed E-state index contributed by atoms with van der Waals surface area (Å²) in [5.74, 6) is -1.08. The molecule has 4 aromatic rings. The minimum atomic E-state index is -0.811. The van der Waals surface area contributed by atoms with Crippen molar-refractivity contribution < 1.29 is 15.0 Å². The molecule has 2 aromatic carbocycles. The number of nitrogens with one attached hydrogen (secondary N) is 1. The fraction of sp³-hybridized carbons (Fsp3) is 0.217. The third-order valence-corrected chi connectivity index (χ3v) is 5.87. The predicted molar refractivity (Wildman–Crippen MR) is 119 cm³/mol. The van der Waals surface area contributed by atoms with Crippen LogP contribution in [-0.4, -0.2) is 35.2 Å². The Morgan fingerprint density at radius 2 is 1.75 bits per heavy atom. The first kappa shape index (κ1) is 19.8. The van der Waals surface area contributed by atoms with E-state index >= 15 is 0 Å². The SMILES string of the molecule is Cn1c(-c2nc3ccccc3n2C2CCC2)nc(C(=O)Nc2ccccc2O)c(O)c1=O. The Morgan fingerprint density at radius 1 is 1.03 bits per heavy atom. The fourth-order valence-electron chi connectivity index (χ4n) is 3.93. The Kier molecular flexibility index (Phi) is 4.66. The molecular formula is C23H21N5O4. The van der Waals surface area contributed by atoms with Crippen LogP contribution in [0.15, 0.2) is 53.3 Å². The number of nitrogens with zero attached hydrogens (tertiary/aromatic N) is 4. The molecule has 5 rings (SSSR count). The van der Waals surface area contributed by atoms with Crippen molar-refractivity contribution >= 4 is 22.6 Å². The topological polar surface area (TPSA) is 122 Å². The van der Waals surface area contributed by atoms with Crippen LogP contribution in [0, 0.1) is 0 Å². The van der Waals surface area contributed by atoms with Crippen molar-refractivity contribution in [3.05, 3.63) is 64.6 Å². The van der Waals surface area contributed by atoms with E-state index < -0.39 is 22.9 Å². The molecule has 3 N–H and O–H groups in total. The average Bonchev–Trinajstić information content (AvgIpc) is 3.11. The maximum atomic E-state index is 12.9. The number of hydrogen-bond donors (Lipinski definition) is 3. The summed E-state index contributed by atoms with van der Waals surface area (Å²) in [5.41, 5.74) is 0.637. The van der Waals surface area contributed by atoms with Crippen molar-refractivity contribution in [1.29, 1.82) is 0 Å². The molecule has 9 nitrogen and oxygen atoms in total. The van der Waals surface area contributed by atoms with Gasteiger partial charge >= 0.3 is 0 Å². The molecule has 1 fully saturated rings. The largest absolute Gasteiger partial charge is 0.506 e. The number of phenols is 1. The Labute approximate surface area is 182 Å². The van der Waals surface area contributed by atoms with Crippen LogP contribution in [0.2, 0.25) is 0 Å². The summed E-state index contributed by atoms with van der Waals surface area (Å²) in [6, 6.07) is 14.1. The number of para-hydroxylation sites is 4. The second kappa shape index (κ2) is 7.52. The van der Waals surface area contributed by atoms with Crippen LogP contribution in [0.1, 0.15) is 35.8 Å². The van der Waals surface area contributed by atoms with Gasteiger partial charge in [0.2, 0.25) is 5.75 Å². The standard InChI is InChI=1S/C23H21N5O4/c1-27-20(21-24-14-9-2-4-11-16(14)28(21)13-7-6-8-13)26-18(19(30)23(27)32)22(31)25-15-10-3-5-12-17(15)29/h2-5,9-13,29-30H,6-8H2,1H3,(H,25,31). The molecular weight excluding hydrogens is 410 g/mol. The molecule has 1 aliphatic rings. The van der Waals surface area contributed by atoms with Crippen molar-refractivity contribution in [3.8, 4) is 23.1 Å². The summed E-state index contributed by atoms with van der Waals surface area (Å²) >= 11 is 0. The first-order valence-corrected chi connectivity index (χ1v) is 10.3.